The first kappa shape index (κ1) is 17.7. The smallest absolute Gasteiger partial charge is 0.153 e. The summed E-state index contributed by atoms with van der Waals surface area (Å²) in [7, 11) is 0. The number of unbranched alkanes of at least 4 members (excludes halogenated alkanes) is 3. The van der Waals surface area contributed by atoms with Gasteiger partial charge in [0.15, 0.2) is 6.29 Å². The minimum absolute atomic E-state index is 0.702. The summed E-state index contributed by atoms with van der Waals surface area (Å²) >= 11 is 0. The van der Waals surface area contributed by atoms with Crippen molar-refractivity contribution in [3.8, 4) is 5.75 Å². The summed E-state index contributed by atoms with van der Waals surface area (Å²) in [4.78, 5) is 11.3. The van der Waals surface area contributed by atoms with Gasteiger partial charge in [0, 0.05) is 0 Å². The van der Waals surface area contributed by atoms with Gasteiger partial charge in [0.1, 0.15) is 5.75 Å². The fourth-order valence-electron chi connectivity index (χ4n) is 2.50. The molecule has 0 atom stereocenters. The van der Waals surface area contributed by atoms with Crippen LogP contribution in [0.5, 0.6) is 5.75 Å². The van der Waals surface area contributed by atoms with Gasteiger partial charge in [-0.05, 0) is 49.3 Å². The van der Waals surface area contributed by atoms with Gasteiger partial charge < -0.3 is 4.74 Å². The molecule has 0 aliphatic heterocycles. The average molecular weight is 290 g/mol. The summed E-state index contributed by atoms with van der Waals surface area (Å²) in [6.07, 6.45) is 9.85. The maximum absolute atomic E-state index is 11.3. The second kappa shape index (κ2) is 10.4. The SMILES string of the molecule is CCCCOc1c(C=O)ccc(CCCC)c1CCCC. The molecule has 0 N–H and O–H groups in total. The van der Waals surface area contributed by atoms with Crippen molar-refractivity contribution >= 4 is 6.29 Å². The van der Waals surface area contributed by atoms with Crippen LogP contribution in [0, 0.1) is 0 Å². The second-order valence-corrected chi connectivity index (χ2v) is 5.65. The molecule has 0 fully saturated rings. The van der Waals surface area contributed by atoms with Gasteiger partial charge in [0.2, 0.25) is 0 Å². The predicted molar refractivity (Wildman–Crippen MR) is 89.5 cm³/mol. The van der Waals surface area contributed by atoms with Crippen molar-refractivity contribution in [2.45, 2.75) is 72.1 Å². The number of rotatable bonds is 11. The van der Waals surface area contributed by atoms with Crippen LogP contribution in [0.2, 0.25) is 0 Å². The van der Waals surface area contributed by atoms with Gasteiger partial charge in [0.05, 0.1) is 12.2 Å². The highest BCUT2D eigenvalue weighted by atomic mass is 16.5. The summed E-state index contributed by atoms with van der Waals surface area (Å²) in [6.45, 7) is 7.27. The molecule has 2 heteroatoms. The van der Waals surface area contributed by atoms with Gasteiger partial charge in [0.25, 0.3) is 0 Å². The van der Waals surface area contributed by atoms with E-state index in [4.69, 9.17) is 4.74 Å². The standard InChI is InChI=1S/C19H30O2/c1-4-7-10-16-12-13-17(15-20)19(21-14-9-6-3)18(16)11-8-5-2/h12-13,15H,4-11,14H2,1-3H3. The molecular weight excluding hydrogens is 260 g/mol. The molecule has 0 amide bonds. The number of benzene rings is 1. The summed E-state index contributed by atoms with van der Waals surface area (Å²) in [5.74, 6) is 0.848. The Labute approximate surface area is 129 Å². The van der Waals surface area contributed by atoms with E-state index in [-0.39, 0.29) is 0 Å². The molecule has 0 spiro atoms. The van der Waals surface area contributed by atoms with Crippen LogP contribution in [-0.2, 0) is 12.8 Å². The van der Waals surface area contributed by atoms with E-state index in [0.29, 0.717) is 12.2 Å². The molecule has 1 aromatic rings. The fourth-order valence-corrected chi connectivity index (χ4v) is 2.50. The first-order valence-electron chi connectivity index (χ1n) is 8.51. The molecule has 1 rings (SSSR count). The van der Waals surface area contributed by atoms with Crippen molar-refractivity contribution in [2.24, 2.45) is 0 Å². The first-order chi connectivity index (χ1) is 10.3. The number of hydrogen-bond acceptors (Lipinski definition) is 2. The maximum atomic E-state index is 11.3. The van der Waals surface area contributed by atoms with E-state index in [1.54, 1.807) is 0 Å². The van der Waals surface area contributed by atoms with Gasteiger partial charge in [-0.25, -0.2) is 0 Å². The number of aldehydes is 1. The van der Waals surface area contributed by atoms with Gasteiger partial charge in [-0.1, -0.05) is 46.1 Å². The molecular formula is C19H30O2. The molecule has 0 bridgehead atoms. The van der Waals surface area contributed by atoms with Crippen LogP contribution in [0.4, 0.5) is 0 Å². The van der Waals surface area contributed by atoms with Crippen molar-refractivity contribution in [2.75, 3.05) is 6.61 Å². The molecule has 21 heavy (non-hydrogen) atoms. The third kappa shape index (κ3) is 5.53. The van der Waals surface area contributed by atoms with Crippen LogP contribution in [0.3, 0.4) is 0 Å². The van der Waals surface area contributed by atoms with Crippen LogP contribution >= 0.6 is 0 Å². The largest absolute Gasteiger partial charge is 0.493 e. The minimum Gasteiger partial charge on any atom is -0.493 e. The van der Waals surface area contributed by atoms with Gasteiger partial charge in [-0.2, -0.15) is 0 Å². The number of ether oxygens (including phenoxy) is 1. The highest BCUT2D eigenvalue weighted by Gasteiger charge is 2.14. The van der Waals surface area contributed by atoms with Crippen LogP contribution in [0.15, 0.2) is 12.1 Å². The Morgan fingerprint density at radius 2 is 1.62 bits per heavy atom. The lowest BCUT2D eigenvalue weighted by Crippen LogP contribution is -2.06. The number of aryl methyl sites for hydroxylation is 1. The Hall–Kier alpha value is -1.31. The summed E-state index contributed by atoms with van der Waals surface area (Å²) < 4.78 is 5.99. The highest BCUT2D eigenvalue weighted by Crippen LogP contribution is 2.29. The van der Waals surface area contributed by atoms with E-state index in [1.165, 1.54) is 24.0 Å². The van der Waals surface area contributed by atoms with Gasteiger partial charge >= 0.3 is 0 Å². The monoisotopic (exact) mass is 290 g/mol. The summed E-state index contributed by atoms with van der Waals surface area (Å²) in [6, 6.07) is 4.05. The van der Waals surface area contributed by atoms with Crippen LogP contribution in [0.1, 0.15) is 80.8 Å². The van der Waals surface area contributed by atoms with E-state index in [0.717, 1.165) is 50.6 Å². The lowest BCUT2D eigenvalue weighted by atomic mass is 9.94. The topological polar surface area (TPSA) is 26.3 Å². The van der Waals surface area contributed by atoms with Crippen molar-refractivity contribution in [1.29, 1.82) is 0 Å². The lowest BCUT2D eigenvalue weighted by molar-refractivity contribution is 0.111. The normalized spacial score (nSPS) is 10.6. The van der Waals surface area contributed by atoms with Crippen molar-refractivity contribution in [3.05, 3.63) is 28.8 Å². The quantitative estimate of drug-likeness (QED) is 0.405. The summed E-state index contributed by atoms with van der Waals surface area (Å²) in [5, 5.41) is 0. The van der Waals surface area contributed by atoms with E-state index in [9.17, 15) is 4.79 Å². The molecule has 0 saturated carbocycles. The third-order valence-corrected chi connectivity index (χ3v) is 3.84. The molecule has 0 unspecified atom stereocenters. The van der Waals surface area contributed by atoms with Crippen LogP contribution < -0.4 is 4.74 Å². The zero-order chi connectivity index (χ0) is 15.5. The molecule has 0 heterocycles. The van der Waals surface area contributed by atoms with Crippen molar-refractivity contribution in [3.63, 3.8) is 0 Å². The van der Waals surface area contributed by atoms with E-state index < -0.39 is 0 Å². The number of carbonyl (C=O) groups excluding carboxylic acids is 1. The van der Waals surface area contributed by atoms with Crippen LogP contribution in [0.25, 0.3) is 0 Å². The molecule has 118 valence electrons. The zero-order valence-corrected chi connectivity index (χ0v) is 13.9. The Kier molecular flexibility index (Phi) is 8.80. The number of hydrogen-bond donors (Lipinski definition) is 0. The molecule has 0 radical (unpaired) electrons. The molecule has 0 aromatic heterocycles. The highest BCUT2D eigenvalue weighted by molar-refractivity contribution is 5.80. The fraction of sp³-hybridized carbons (Fsp3) is 0.632. The third-order valence-electron chi connectivity index (χ3n) is 3.84. The Morgan fingerprint density at radius 3 is 2.24 bits per heavy atom. The van der Waals surface area contributed by atoms with E-state index >= 15 is 0 Å². The second-order valence-electron chi connectivity index (χ2n) is 5.65. The van der Waals surface area contributed by atoms with Gasteiger partial charge in [-0.15, -0.1) is 0 Å². The van der Waals surface area contributed by atoms with Gasteiger partial charge in [-0.3, -0.25) is 4.79 Å². The Morgan fingerprint density at radius 1 is 0.952 bits per heavy atom. The first-order valence-corrected chi connectivity index (χ1v) is 8.51. The maximum Gasteiger partial charge on any atom is 0.153 e. The zero-order valence-electron chi connectivity index (χ0n) is 13.9. The molecule has 2 nitrogen and oxygen atoms in total. The minimum atomic E-state index is 0.702. The molecule has 0 saturated heterocycles. The van der Waals surface area contributed by atoms with Crippen LogP contribution in [-0.4, -0.2) is 12.9 Å². The van der Waals surface area contributed by atoms with E-state index in [2.05, 4.69) is 26.8 Å². The van der Waals surface area contributed by atoms with Crippen molar-refractivity contribution < 1.29 is 9.53 Å². The van der Waals surface area contributed by atoms with Crippen molar-refractivity contribution in [1.82, 2.24) is 0 Å². The predicted octanol–water partition coefficient (Wildman–Crippen LogP) is 5.36. The Balaban J connectivity index is 3.07. The molecule has 0 aliphatic rings. The average Bonchev–Trinajstić information content (AvgIpc) is 2.51. The Bertz CT molecular complexity index is 424. The number of carbonyl (C=O) groups is 1. The lowest BCUT2D eigenvalue weighted by Gasteiger charge is -2.17. The molecule has 0 aliphatic carbocycles. The van der Waals surface area contributed by atoms with E-state index in [1.807, 2.05) is 6.07 Å². The molecule has 1 aromatic carbocycles. The summed E-state index contributed by atoms with van der Waals surface area (Å²) in [5.41, 5.74) is 3.34.